The van der Waals surface area contributed by atoms with Gasteiger partial charge in [0.1, 0.15) is 5.39 Å². The van der Waals surface area contributed by atoms with Crippen LogP contribution in [0.5, 0.6) is 0 Å². The van der Waals surface area contributed by atoms with Gasteiger partial charge in [0, 0.05) is 26.8 Å². The molecule has 0 atom stereocenters. The zero-order valence-corrected chi connectivity index (χ0v) is 12.1. The fourth-order valence-corrected chi connectivity index (χ4v) is 2.23. The van der Waals surface area contributed by atoms with Crippen LogP contribution in [0, 0.1) is 0 Å². The van der Waals surface area contributed by atoms with Gasteiger partial charge in [0.25, 0.3) is 5.56 Å². The summed E-state index contributed by atoms with van der Waals surface area (Å²) in [6.45, 7) is 2.95. The highest BCUT2D eigenvalue weighted by atomic mass is 16.2. The molecule has 0 bridgehead atoms. The number of nitrogens with one attached hydrogen (secondary N) is 1. The average molecular weight is 276 g/mol. The van der Waals surface area contributed by atoms with Crippen molar-refractivity contribution >= 4 is 16.7 Å². The van der Waals surface area contributed by atoms with Gasteiger partial charge in [0.2, 0.25) is 0 Å². The Bertz CT molecular complexity index is 730. The van der Waals surface area contributed by atoms with Crippen LogP contribution in [-0.2, 0) is 14.1 Å². The summed E-state index contributed by atoms with van der Waals surface area (Å²) in [7, 11) is 3.11. The SMILES string of the molecule is CCCCCNc1ccnc2c1c(=O)n(C)c(=O)n2C. The molecule has 0 saturated carbocycles. The Labute approximate surface area is 117 Å². The van der Waals surface area contributed by atoms with E-state index in [1.54, 1.807) is 19.3 Å². The van der Waals surface area contributed by atoms with Crippen molar-refractivity contribution in [2.45, 2.75) is 26.2 Å². The lowest BCUT2D eigenvalue weighted by Crippen LogP contribution is -2.37. The van der Waals surface area contributed by atoms with Crippen molar-refractivity contribution in [2.75, 3.05) is 11.9 Å². The number of hydrogen-bond donors (Lipinski definition) is 1. The first-order chi connectivity index (χ1) is 9.57. The molecule has 0 spiro atoms. The molecule has 0 aliphatic carbocycles. The normalized spacial score (nSPS) is 10.9. The molecule has 20 heavy (non-hydrogen) atoms. The Morgan fingerprint density at radius 2 is 1.95 bits per heavy atom. The van der Waals surface area contributed by atoms with Crippen LogP contribution >= 0.6 is 0 Å². The standard InChI is InChI=1S/C14H20N4O2/c1-4-5-6-8-15-10-7-9-16-12-11(10)13(19)18(3)14(20)17(12)2/h7,9H,4-6,8H2,1-3H3,(H,15,16). The molecule has 2 rings (SSSR count). The molecule has 0 aromatic carbocycles. The van der Waals surface area contributed by atoms with Crippen LogP contribution in [0.15, 0.2) is 21.9 Å². The van der Waals surface area contributed by atoms with Gasteiger partial charge in [-0.3, -0.25) is 13.9 Å². The quantitative estimate of drug-likeness (QED) is 0.834. The van der Waals surface area contributed by atoms with E-state index < -0.39 is 0 Å². The van der Waals surface area contributed by atoms with Crippen molar-refractivity contribution < 1.29 is 0 Å². The zero-order chi connectivity index (χ0) is 14.7. The zero-order valence-electron chi connectivity index (χ0n) is 12.1. The van der Waals surface area contributed by atoms with Gasteiger partial charge in [-0.15, -0.1) is 0 Å². The van der Waals surface area contributed by atoms with Gasteiger partial charge in [-0.25, -0.2) is 9.78 Å². The smallest absolute Gasteiger partial charge is 0.332 e. The van der Waals surface area contributed by atoms with Crippen LogP contribution in [0.25, 0.3) is 11.0 Å². The van der Waals surface area contributed by atoms with Crippen molar-refractivity contribution in [3.8, 4) is 0 Å². The molecule has 0 amide bonds. The number of anilines is 1. The summed E-state index contributed by atoms with van der Waals surface area (Å²) >= 11 is 0. The molecule has 6 nitrogen and oxygen atoms in total. The lowest BCUT2D eigenvalue weighted by atomic mass is 10.2. The Hall–Kier alpha value is -2.11. The van der Waals surface area contributed by atoms with Crippen LogP contribution < -0.4 is 16.6 Å². The summed E-state index contributed by atoms with van der Waals surface area (Å²) in [6, 6.07) is 1.78. The molecule has 0 unspecified atom stereocenters. The van der Waals surface area contributed by atoms with Crippen molar-refractivity contribution in [3.63, 3.8) is 0 Å². The van der Waals surface area contributed by atoms with Gasteiger partial charge in [0.05, 0.1) is 5.69 Å². The van der Waals surface area contributed by atoms with E-state index in [1.165, 1.54) is 11.6 Å². The predicted molar refractivity (Wildman–Crippen MR) is 80.2 cm³/mol. The second-order valence-corrected chi connectivity index (χ2v) is 4.90. The van der Waals surface area contributed by atoms with Crippen LogP contribution in [0.2, 0.25) is 0 Å². The van der Waals surface area contributed by atoms with Gasteiger partial charge in [-0.05, 0) is 12.5 Å². The third-order valence-corrected chi connectivity index (χ3v) is 3.44. The van der Waals surface area contributed by atoms with Crippen molar-refractivity contribution in [1.82, 2.24) is 14.1 Å². The van der Waals surface area contributed by atoms with E-state index in [2.05, 4.69) is 17.2 Å². The van der Waals surface area contributed by atoms with Gasteiger partial charge in [0.15, 0.2) is 5.65 Å². The van der Waals surface area contributed by atoms with E-state index >= 15 is 0 Å². The van der Waals surface area contributed by atoms with Crippen molar-refractivity contribution in [3.05, 3.63) is 33.1 Å². The van der Waals surface area contributed by atoms with Crippen LogP contribution in [0.1, 0.15) is 26.2 Å². The van der Waals surface area contributed by atoms with Crippen molar-refractivity contribution in [2.24, 2.45) is 14.1 Å². The first kappa shape index (κ1) is 14.3. The highest BCUT2D eigenvalue weighted by molar-refractivity contribution is 5.87. The summed E-state index contributed by atoms with van der Waals surface area (Å²) in [4.78, 5) is 28.3. The molecule has 0 aliphatic rings. The third kappa shape index (κ3) is 2.45. The number of aryl methyl sites for hydroxylation is 1. The van der Waals surface area contributed by atoms with E-state index in [0.29, 0.717) is 11.0 Å². The number of unbranched alkanes of at least 4 members (excludes halogenated alkanes) is 2. The minimum absolute atomic E-state index is 0.311. The maximum Gasteiger partial charge on any atom is 0.332 e. The molecule has 0 radical (unpaired) electrons. The van der Waals surface area contributed by atoms with E-state index in [-0.39, 0.29) is 11.2 Å². The summed E-state index contributed by atoms with van der Waals surface area (Å²) in [6.07, 6.45) is 4.96. The van der Waals surface area contributed by atoms with E-state index in [9.17, 15) is 9.59 Å². The number of pyridine rings is 1. The third-order valence-electron chi connectivity index (χ3n) is 3.44. The molecular formula is C14H20N4O2. The van der Waals surface area contributed by atoms with Gasteiger partial charge in [-0.1, -0.05) is 19.8 Å². The average Bonchev–Trinajstić information content (AvgIpc) is 2.47. The number of fused-ring (bicyclic) bond motifs is 1. The maximum absolute atomic E-state index is 12.3. The minimum Gasteiger partial charge on any atom is -0.384 e. The molecule has 2 aromatic heterocycles. The topological polar surface area (TPSA) is 68.9 Å². The Morgan fingerprint density at radius 1 is 1.20 bits per heavy atom. The number of nitrogens with zero attached hydrogens (tertiary/aromatic N) is 3. The lowest BCUT2D eigenvalue weighted by molar-refractivity contribution is 0.707. The predicted octanol–water partition coefficient (Wildman–Crippen LogP) is 1.23. The lowest BCUT2D eigenvalue weighted by Gasteiger charge is -2.11. The molecule has 6 heteroatoms. The van der Waals surface area contributed by atoms with Crippen LogP contribution in [0.3, 0.4) is 0 Å². The van der Waals surface area contributed by atoms with E-state index in [4.69, 9.17) is 0 Å². The van der Waals surface area contributed by atoms with E-state index in [1.807, 2.05) is 0 Å². The summed E-state index contributed by atoms with van der Waals surface area (Å²) in [5, 5.41) is 3.73. The van der Waals surface area contributed by atoms with Gasteiger partial charge >= 0.3 is 5.69 Å². The van der Waals surface area contributed by atoms with Gasteiger partial charge in [-0.2, -0.15) is 0 Å². The second-order valence-electron chi connectivity index (χ2n) is 4.90. The number of rotatable bonds is 5. The molecule has 1 N–H and O–H groups in total. The Kier molecular flexibility index (Phi) is 4.22. The summed E-state index contributed by atoms with van der Waals surface area (Å²) in [5.41, 5.74) is 0.480. The van der Waals surface area contributed by atoms with Crippen LogP contribution in [0.4, 0.5) is 5.69 Å². The Morgan fingerprint density at radius 3 is 2.65 bits per heavy atom. The summed E-state index contributed by atoms with van der Waals surface area (Å²) in [5.74, 6) is 0. The highest BCUT2D eigenvalue weighted by Crippen LogP contribution is 2.16. The largest absolute Gasteiger partial charge is 0.384 e. The second kappa shape index (κ2) is 5.90. The van der Waals surface area contributed by atoms with Gasteiger partial charge < -0.3 is 5.32 Å². The molecular weight excluding hydrogens is 256 g/mol. The first-order valence-corrected chi connectivity index (χ1v) is 6.86. The minimum atomic E-state index is -0.363. The molecule has 2 heterocycles. The Balaban J connectivity index is 2.52. The highest BCUT2D eigenvalue weighted by Gasteiger charge is 2.12. The fraction of sp³-hybridized carbons (Fsp3) is 0.500. The van der Waals surface area contributed by atoms with E-state index in [0.717, 1.165) is 36.1 Å². The molecule has 108 valence electrons. The molecule has 0 fully saturated rings. The molecule has 0 saturated heterocycles. The van der Waals surface area contributed by atoms with Crippen LogP contribution in [-0.4, -0.2) is 20.7 Å². The maximum atomic E-state index is 12.3. The first-order valence-electron chi connectivity index (χ1n) is 6.86. The molecule has 0 aliphatic heterocycles. The summed E-state index contributed by atoms with van der Waals surface area (Å²) < 4.78 is 2.51. The fourth-order valence-electron chi connectivity index (χ4n) is 2.23. The number of hydrogen-bond acceptors (Lipinski definition) is 4. The van der Waals surface area contributed by atoms with Crippen molar-refractivity contribution in [1.29, 1.82) is 0 Å². The number of aromatic nitrogens is 3. The molecule has 2 aromatic rings. The monoisotopic (exact) mass is 276 g/mol.